The Balaban J connectivity index is 1.55. The second-order valence-electron chi connectivity index (χ2n) is 12.8. The summed E-state index contributed by atoms with van der Waals surface area (Å²) in [7, 11) is 1.87. The van der Waals surface area contributed by atoms with Crippen molar-refractivity contribution >= 4 is 11.8 Å². The first kappa shape index (κ1) is 31.1. The van der Waals surface area contributed by atoms with Crippen LogP contribution in [0.15, 0.2) is 36.4 Å². The molecule has 0 amide bonds. The maximum Gasteiger partial charge on any atom is 0.306 e. The van der Waals surface area contributed by atoms with Crippen molar-refractivity contribution in [2.45, 2.75) is 90.4 Å². The van der Waals surface area contributed by atoms with Crippen molar-refractivity contribution in [1.29, 1.82) is 5.26 Å². The van der Waals surface area contributed by atoms with Crippen molar-refractivity contribution in [2.24, 2.45) is 7.05 Å². The third-order valence-electron chi connectivity index (χ3n) is 7.92. The van der Waals surface area contributed by atoms with E-state index in [1.54, 1.807) is 4.68 Å². The first-order chi connectivity index (χ1) is 19.9. The highest BCUT2D eigenvalue weighted by molar-refractivity contribution is 5.70. The molecule has 3 aromatic rings. The van der Waals surface area contributed by atoms with Crippen molar-refractivity contribution in [3.63, 3.8) is 0 Å². The molecule has 8 nitrogen and oxygen atoms in total. The molecule has 0 bridgehead atoms. The van der Waals surface area contributed by atoms with Crippen LogP contribution in [0, 0.1) is 11.3 Å². The van der Waals surface area contributed by atoms with Crippen LogP contribution in [0.4, 0.5) is 5.82 Å². The number of carbonyl (C=O) groups excluding carboxylic acids is 1. The van der Waals surface area contributed by atoms with E-state index < -0.39 is 5.41 Å². The average molecular weight is 572 g/mol. The number of carbonyl (C=O) groups is 1. The van der Waals surface area contributed by atoms with Gasteiger partial charge in [0.1, 0.15) is 5.82 Å². The van der Waals surface area contributed by atoms with Crippen LogP contribution in [0.1, 0.15) is 93.9 Å². The lowest BCUT2D eigenvalue weighted by Gasteiger charge is -2.27. The van der Waals surface area contributed by atoms with Gasteiger partial charge in [0, 0.05) is 31.8 Å². The molecule has 0 fully saturated rings. The Morgan fingerprint density at radius 3 is 2.60 bits per heavy atom. The van der Waals surface area contributed by atoms with Gasteiger partial charge in [-0.05, 0) is 79.7 Å². The fraction of sp³-hybridized carbons (Fsp3) is 0.529. The Hall–Kier alpha value is -3.86. The molecule has 2 aromatic heterocycles. The molecule has 224 valence electrons. The molecule has 3 heterocycles. The van der Waals surface area contributed by atoms with Crippen molar-refractivity contribution in [3.8, 4) is 11.9 Å². The summed E-state index contributed by atoms with van der Waals surface area (Å²) in [4.78, 5) is 17.5. The molecule has 1 aliphatic rings. The summed E-state index contributed by atoms with van der Waals surface area (Å²) in [6, 6.07) is 15.0. The van der Waals surface area contributed by atoms with Crippen molar-refractivity contribution in [2.75, 3.05) is 25.1 Å². The van der Waals surface area contributed by atoms with E-state index in [1.165, 1.54) is 5.56 Å². The van der Waals surface area contributed by atoms with E-state index >= 15 is 0 Å². The quantitative estimate of drug-likeness (QED) is 0.275. The molecule has 1 N–H and O–H groups in total. The van der Waals surface area contributed by atoms with Crippen LogP contribution in [0.5, 0.6) is 5.88 Å². The molecule has 8 heteroatoms. The smallest absolute Gasteiger partial charge is 0.306 e. The predicted molar refractivity (Wildman–Crippen MR) is 165 cm³/mol. The molecule has 1 aromatic carbocycles. The summed E-state index contributed by atoms with van der Waals surface area (Å²) in [5, 5.41) is 18.0. The standard InChI is InChI=1S/C34H45N5O3/c1-8-41-31(40)19-25(24-16-26(33(2,3)4)20-27(17-24)34(5,6)22-35)18-29-21-30(39(7)38-29)42-15-13-28-12-11-23-10-9-14-36-32(23)37-28/h11-12,16-17,20-21,25H,8-10,13-15,18-19H2,1-7H3,(H,36,37). The van der Waals surface area contributed by atoms with Crippen molar-refractivity contribution < 1.29 is 14.3 Å². The Labute approximate surface area is 250 Å². The first-order valence-corrected chi connectivity index (χ1v) is 15.0. The second-order valence-corrected chi connectivity index (χ2v) is 12.8. The number of hydrogen-bond acceptors (Lipinski definition) is 7. The Kier molecular flexibility index (Phi) is 9.60. The van der Waals surface area contributed by atoms with Gasteiger partial charge in [-0.2, -0.15) is 10.4 Å². The van der Waals surface area contributed by atoms with Gasteiger partial charge in [0.15, 0.2) is 0 Å². The fourth-order valence-corrected chi connectivity index (χ4v) is 5.24. The third-order valence-corrected chi connectivity index (χ3v) is 7.92. The molecule has 0 aliphatic carbocycles. The predicted octanol–water partition coefficient (Wildman–Crippen LogP) is 6.17. The third kappa shape index (κ3) is 7.70. The number of pyridine rings is 1. The number of nitriles is 1. The minimum absolute atomic E-state index is 0.125. The van der Waals surface area contributed by atoms with Gasteiger partial charge in [0.25, 0.3) is 0 Å². The van der Waals surface area contributed by atoms with E-state index in [0.717, 1.165) is 53.3 Å². The summed E-state index contributed by atoms with van der Waals surface area (Å²) < 4.78 is 13.2. The number of ether oxygens (including phenoxy) is 2. The van der Waals surface area contributed by atoms with Gasteiger partial charge in [-0.1, -0.05) is 45.0 Å². The molecule has 0 radical (unpaired) electrons. The van der Waals surface area contributed by atoms with E-state index in [4.69, 9.17) is 19.6 Å². The van der Waals surface area contributed by atoms with Crippen molar-refractivity contribution in [1.82, 2.24) is 14.8 Å². The number of hydrogen-bond donors (Lipinski definition) is 1. The number of rotatable bonds is 11. The van der Waals surface area contributed by atoms with E-state index in [1.807, 2.05) is 33.9 Å². The number of fused-ring (bicyclic) bond motifs is 1. The molecule has 0 saturated heterocycles. The van der Waals surface area contributed by atoms with E-state index in [-0.39, 0.29) is 23.7 Å². The second kappa shape index (κ2) is 13.0. The number of aryl methyl sites for hydroxylation is 2. The molecule has 1 unspecified atom stereocenters. The molecule has 1 atom stereocenters. The van der Waals surface area contributed by atoms with Crippen LogP contribution in [0.3, 0.4) is 0 Å². The van der Waals surface area contributed by atoms with E-state index in [9.17, 15) is 10.1 Å². The van der Waals surface area contributed by atoms with Gasteiger partial charge in [0.05, 0.1) is 36.8 Å². The van der Waals surface area contributed by atoms with Crippen LogP contribution in [-0.4, -0.2) is 40.5 Å². The zero-order valence-corrected chi connectivity index (χ0v) is 26.2. The van der Waals surface area contributed by atoms with Crippen LogP contribution in [0.25, 0.3) is 0 Å². The van der Waals surface area contributed by atoms with Crippen LogP contribution >= 0.6 is 0 Å². The summed E-state index contributed by atoms with van der Waals surface area (Å²) >= 11 is 0. The molecule has 42 heavy (non-hydrogen) atoms. The summed E-state index contributed by atoms with van der Waals surface area (Å²) in [5.41, 5.74) is 5.39. The highest BCUT2D eigenvalue weighted by Crippen LogP contribution is 2.35. The highest BCUT2D eigenvalue weighted by Gasteiger charge is 2.27. The number of esters is 1. The number of nitrogens with one attached hydrogen (secondary N) is 1. The largest absolute Gasteiger partial charge is 0.477 e. The van der Waals surface area contributed by atoms with Crippen LogP contribution < -0.4 is 10.1 Å². The van der Waals surface area contributed by atoms with Gasteiger partial charge in [-0.25, -0.2) is 9.67 Å². The zero-order valence-electron chi connectivity index (χ0n) is 26.2. The summed E-state index contributed by atoms with van der Waals surface area (Å²) in [6.45, 7) is 13.9. The van der Waals surface area contributed by atoms with Gasteiger partial charge in [-0.3, -0.25) is 4.79 Å². The summed E-state index contributed by atoms with van der Waals surface area (Å²) in [5.74, 6) is 1.25. The molecule has 1 aliphatic heterocycles. The number of nitrogens with zero attached hydrogens (tertiary/aromatic N) is 4. The normalized spacial score (nSPS) is 14.0. The Morgan fingerprint density at radius 1 is 1.12 bits per heavy atom. The lowest BCUT2D eigenvalue weighted by molar-refractivity contribution is -0.143. The fourth-order valence-electron chi connectivity index (χ4n) is 5.24. The summed E-state index contributed by atoms with van der Waals surface area (Å²) in [6.07, 6.45) is 3.66. The number of benzene rings is 1. The van der Waals surface area contributed by atoms with Crippen LogP contribution in [0.2, 0.25) is 0 Å². The first-order valence-electron chi connectivity index (χ1n) is 15.0. The van der Waals surface area contributed by atoms with E-state index in [2.05, 4.69) is 62.5 Å². The lowest BCUT2D eigenvalue weighted by atomic mass is 9.77. The molecule has 0 saturated carbocycles. The highest BCUT2D eigenvalue weighted by atomic mass is 16.5. The number of aromatic nitrogens is 3. The van der Waals surface area contributed by atoms with Gasteiger partial charge >= 0.3 is 5.97 Å². The minimum Gasteiger partial charge on any atom is -0.477 e. The molecular formula is C34H45N5O3. The lowest BCUT2D eigenvalue weighted by Crippen LogP contribution is -2.20. The molecular weight excluding hydrogens is 526 g/mol. The van der Waals surface area contributed by atoms with Crippen LogP contribution in [-0.2, 0) is 46.7 Å². The Bertz CT molecular complexity index is 1440. The Morgan fingerprint density at radius 2 is 1.88 bits per heavy atom. The van der Waals surface area contributed by atoms with Gasteiger partial charge in [-0.15, -0.1) is 0 Å². The monoisotopic (exact) mass is 571 g/mol. The van der Waals surface area contributed by atoms with E-state index in [0.29, 0.717) is 31.9 Å². The maximum atomic E-state index is 12.7. The van der Waals surface area contributed by atoms with Gasteiger partial charge in [0.2, 0.25) is 5.88 Å². The minimum atomic E-state index is -0.667. The molecule has 4 rings (SSSR count). The topological polar surface area (TPSA) is 102 Å². The maximum absolute atomic E-state index is 12.7. The number of anilines is 1. The van der Waals surface area contributed by atoms with Gasteiger partial charge < -0.3 is 14.8 Å². The molecule has 0 spiro atoms. The zero-order chi connectivity index (χ0) is 30.5. The average Bonchev–Trinajstić information content (AvgIpc) is 3.30. The van der Waals surface area contributed by atoms with Crippen molar-refractivity contribution in [3.05, 3.63) is 70.0 Å². The SMILES string of the molecule is CCOC(=O)CC(Cc1cc(OCCc2ccc3c(n2)NCCC3)n(C)n1)c1cc(C(C)(C)C)cc(C(C)(C)C#N)c1.